The summed E-state index contributed by atoms with van der Waals surface area (Å²) >= 11 is 0. The van der Waals surface area contributed by atoms with Gasteiger partial charge in [-0.2, -0.15) is 0 Å². The van der Waals surface area contributed by atoms with E-state index in [1.165, 1.54) is 19.5 Å². The molecular formula is C19H17N5O3. The van der Waals surface area contributed by atoms with Gasteiger partial charge in [-0.1, -0.05) is 18.2 Å². The number of esters is 1. The van der Waals surface area contributed by atoms with Crippen LogP contribution >= 0.6 is 0 Å². The molecule has 3 rings (SSSR count). The second kappa shape index (κ2) is 8.52. The van der Waals surface area contributed by atoms with Gasteiger partial charge in [0.2, 0.25) is 0 Å². The minimum atomic E-state index is -0.471. The summed E-state index contributed by atoms with van der Waals surface area (Å²) in [5.74, 6) is -0.431. The van der Waals surface area contributed by atoms with Crippen LogP contribution in [-0.4, -0.2) is 33.9 Å². The van der Waals surface area contributed by atoms with Crippen molar-refractivity contribution in [3.05, 3.63) is 78.0 Å². The minimum absolute atomic E-state index is 0.201. The van der Waals surface area contributed by atoms with Crippen molar-refractivity contribution in [2.24, 2.45) is 0 Å². The van der Waals surface area contributed by atoms with Crippen molar-refractivity contribution >= 4 is 23.4 Å². The van der Waals surface area contributed by atoms with E-state index in [-0.39, 0.29) is 11.6 Å². The first kappa shape index (κ1) is 18.0. The number of aromatic nitrogens is 3. The Hall–Kier alpha value is -3.81. The lowest BCUT2D eigenvalue weighted by Gasteiger charge is -2.10. The number of amides is 1. The molecule has 0 saturated carbocycles. The van der Waals surface area contributed by atoms with Gasteiger partial charge in [0.15, 0.2) is 0 Å². The lowest BCUT2D eigenvalue weighted by molar-refractivity contribution is 0.0601. The van der Waals surface area contributed by atoms with Crippen molar-refractivity contribution in [1.82, 2.24) is 20.3 Å². The van der Waals surface area contributed by atoms with Crippen molar-refractivity contribution < 1.29 is 14.3 Å². The maximum Gasteiger partial charge on any atom is 0.339 e. The van der Waals surface area contributed by atoms with Crippen LogP contribution in [0, 0.1) is 0 Å². The van der Waals surface area contributed by atoms with Gasteiger partial charge in [0.1, 0.15) is 17.8 Å². The Kier molecular flexibility index (Phi) is 5.68. The molecule has 0 spiro atoms. The molecule has 2 aromatic heterocycles. The fraction of sp³-hybridized carbons (Fsp3) is 0.105. The van der Waals surface area contributed by atoms with Crippen molar-refractivity contribution in [2.75, 3.05) is 12.4 Å². The highest BCUT2D eigenvalue weighted by molar-refractivity contribution is 5.97. The van der Waals surface area contributed by atoms with Gasteiger partial charge in [-0.25, -0.2) is 14.8 Å². The number of hydrogen-bond acceptors (Lipinski definition) is 7. The summed E-state index contributed by atoms with van der Waals surface area (Å²) in [5.41, 5.74) is 1.96. The zero-order valence-electron chi connectivity index (χ0n) is 14.5. The van der Waals surface area contributed by atoms with Gasteiger partial charge in [0.25, 0.3) is 5.91 Å². The quantitative estimate of drug-likeness (QED) is 0.647. The Balaban J connectivity index is 1.72. The summed E-state index contributed by atoms with van der Waals surface area (Å²) < 4.78 is 4.77. The smallest absolute Gasteiger partial charge is 0.339 e. The lowest BCUT2D eigenvalue weighted by Crippen LogP contribution is -2.24. The van der Waals surface area contributed by atoms with E-state index < -0.39 is 5.97 Å². The zero-order chi connectivity index (χ0) is 19.1. The molecule has 0 aliphatic rings. The number of rotatable bonds is 6. The van der Waals surface area contributed by atoms with Gasteiger partial charge < -0.3 is 15.4 Å². The summed E-state index contributed by atoms with van der Waals surface area (Å²) in [6.07, 6.45) is 4.62. The standard InChI is InChI=1S/C19H17N5O3/c1-27-19(26)14-6-2-3-7-15(14)24-17-9-16(22-12-23-17)18(25)21-11-13-5-4-8-20-10-13/h2-10,12H,11H2,1H3,(H,21,25)(H,22,23,24). The van der Waals surface area contributed by atoms with Gasteiger partial charge in [-0.15, -0.1) is 0 Å². The molecule has 8 heteroatoms. The van der Waals surface area contributed by atoms with Crippen LogP contribution in [0.2, 0.25) is 0 Å². The van der Waals surface area contributed by atoms with Crippen LogP contribution < -0.4 is 10.6 Å². The van der Waals surface area contributed by atoms with E-state index in [0.29, 0.717) is 23.6 Å². The van der Waals surface area contributed by atoms with Crippen LogP contribution in [0.25, 0.3) is 0 Å². The molecule has 8 nitrogen and oxygen atoms in total. The number of hydrogen-bond donors (Lipinski definition) is 2. The SMILES string of the molecule is COC(=O)c1ccccc1Nc1cc(C(=O)NCc2cccnc2)ncn1. The molecule has 0 atom stereocenters. The molecule has 2 heterocycles. The van der Waals surface area contributed by atoms with Crippen LogP contribution in [0.3, 0.4) is 0 Å². The molecule has 1 aromatic carbocycles. The van der Waals surface area contributed by atoms with Crippen molar-refractivity contribution in [3.63, 3.8) is 0 Å². The highest BCUT2D eigenvalue weighted by Crippen LogP contribution is 2.20. The molecule has 0 aliphatic heterocycles. The minimum Gasteiger partial charge on any atom is -0.465 e. The van der Waals surface area contributed by atoms with Crippen molar-refractivity contribution in [2.45, 2.75) is 6.54 Å². The molecule has 0 unspecified atom stereocenters. The molecular weight excluding hydrogens is 346 g/mol. The summed E-state index contributed by atoms with van der Waals surface area (Å²) in [4.78, 5) is 36.3. The fourth-order valence-electron chi connectivity index (χ4n) is 2.34. The van der Waals surface area contributed by atoms with E-state index in [2.05, 4.69) is 25.6 Å². The van der Waals surface area contributed by atoms with Gasteiger partial charge in [-0.3, -0.25) is 9.78 Å². The predicted molar refractivity (Wildman–Crippen MR) is 98.5 cm³/mol. The topological polar surface area (TPSA) is 106 Å². The number of pyridine rings is 1. The Morgan fingerprint density at radius 2 is 1.96 bits per heavy atom. The third kappa shape index (κ3) is 4.63. The average molecular weight is 363 g/mol. The number of benzene rings is 1. The van der Waals surface area contributed by atoms with Crippen molar-refractivity contribution in [1.29, 1.82) is 0 Å². The third-order valence-electron chi connectivity index (χ3n) is 3.67. The highest BCUT2D eigenvalue weighted by Gasteiger charge is 2.13. The van der Waals surface area contributed by atoms with E-state index in [0.717, 1.165) is 5.56 Å². The summed E-state index contributed by atoms with van der Waals surface area (Å²) in [7, 11) is 1.31. The third-order valence-corrected chi connectivity index (χ3v) is 3.67. The Morgan fingerprint density at radius 3 is 2.74 bits per heavy atom. The first-order valence-corrected chi connectivity index (χ1v) is 8.11. The number of nitrogens with zero attached hydrogens (tertiary/aromatic N) is 3. The van der Waals surface area contributed by atoms with Crippen LogP contribution in [0.1, 0.15) is 26.4 Å². The Labute approximate surface area is 155 Å². The van der Waals surface area contributed by atoms with Gasteiger partial charge >= 0.3 is 5.97 Å². The normalized spacial score (nSPS) is 10.1. The molecule has 2 N–H and O–H groups in total. The van der Waals surface area contributed by atoms with E-state index >= 15 is 0 Å². The van der Waals surface area contributed by atoms with E-state index in [1.54, 1.807) is 42.7 Å². The zero-order valence-corrected chi connectivity index (χ0v) is 14.5. The monoisotopic (exact) mass is 363 g/mol. The van der Waals surface area contributed by atoms with Crippen LogP contribution in [0.15, 0.2) is 61.2 Å². The molecule has 0 aliphatic carbocycles. The van der Waals surface area contributed by atoms with Crippen molar-refractivity contribution in [3.8, 4) is 0 Å². The highest BCUT2D eigenvalue weighted by atomic mass is 16.5. The fourth-order valence-corrected chi connectivity index (χ4v) is 2.34. The largest absolute Gasteiger partial charge is 0.465 e. The first-order chi connectivity index (χ1) is 13.2. The van der Waals surface area contributed by atoms with Gasteiger partial charge in [-0.05, 0) is 23.8 Å². The molecule has 1 amide bonds. The summed E-state index contributed by atoms with van der Waals surface area (Å²) in [5, 5.41) is 5.79. The molecule has 136 valence electrons. The molecule has 0 saturated heterocycles. The molecule has 0 fully saturated rings. The second-order valence-corrected chi connectivity index (χ2v) is 5.49. The number of ether oxygens (including phenoxy) is 1. The maximum atomic E-state index is 12.3. The van der Waals surface area contributed by atoms with Gasteiger partial charge in [0, 0.05) is 25.0 Å². The predicted octanol–water partition coefficient (Wildman–Crippen LogP) is 2.33. The van der Waals surface area contributed by atoms with Crippen LogP contribution in [-0.2, 0) is 11.3 Å². The summed E-state index contributed by atoms with van der Waals surface area (Å²) in [6, 6.07) is 12.0. The average Bonchev–Trinajstić information content (AvgIpc) is 2.73. The number of anilines is 2. The van der Waals surface area contributed by atoms with Crippen LogP contribution in [0.4, 0.5) is 11.5 Å². The molecule has 0 radical (unpaired) electrons. The molecule has 3 aromatic rings. The number of carbonyl (C=O) groups excluding carboxylic acids is 2. The number of nitrogens with one attached hydrogen (secondary N) is 2. The number of para-hydroxylation sites is 1. The Bertz CT molecular complexity index is 947. The molecule has 27 heavy (non-hydrogen) atoms. The molecule has 0 bridgehead atoms. The van der Waals surface area contributed by atoms with Crippen LogP contribution in [0.5, 0.6) is 0 Å². The Morgan fingerprint density at radius 1 is 1.11 bits per heavy atom. The summed E-state index contributed by atoms with van der Waals surface area (Å²) in [6.45, 7) is 0.338. The van der Waals surface area contributed by atoms with Gasteiger partial charge in [0.05, 0.1) is 18.4 Å². The van der Waals surface area contributed by atoms with E-state index in [4.69, 9.17) is 4.74 Å². The number of carbonyl (C=O) groups is 2. The number of methoxy groups -OCH3 is 1. The first-order valence-electron chi connectivity index (χ1n) is 8.11. The van der Waals surface area contributed by atoms with E-state index in [9.17, 15) is 9.59 Å². The lowest BCUT2D eigenvalue weighted by atomic mass is 10.2. The van der Waals surface area contributed by atoms with E-state index in [1.807, 2.05) is 6.07 Å². The second-order valence-electron chi connectivity index (χ2n) is 5.49. The maximum absolute atomic E-state index is 12.3.